The van der Waals surface area contributed by atoms with Crippen LogP contribution in [0.3, 0.4) is 0 Å². The third-order valence-corrected chi connectivity index (χ3v) is 8.01. The standard InChI is InChI=1S/C38H41N5O5/c1-27(2)46-24-8-22-40-37(45)38(26-32-12-6-7-13-34(32)42-43-39)35(30-16-14-29(15-17-30)28-10-4-3-5-11-28)48-36(41-38)31-18-20-33(21-19-31)47-25-9-23-44/h3-7,10-21,27,35,44H,8-9,22-26H2,1-2H3,(H,40,45)/t35-,38-/m1/s1. The average molecular weight is 648 g/mol. The van der Waals surface area contributed by atoms with Crippen molar-refractivity contribution in [1.29, 1.82) is 0 Å². The third kappa shape index (κ3) is 8.41. The van der Waals surface area contributed by atoms with E-state index in [-0.39, 0.29) is 25.0 Å². The molecule has 2 N–H and O–H groups in total. The zero-order valence-electron chi connectivity index (χ0n) is 27.3. The monoisotopic (exact) mass is 647 g/mol. The molecule has 0 aliphatic carbocycles. The summed E-state index contributed by atoms with van der Waals surface area (Å²) in [5.74, 6) is 0.655. The first-order valence-corrected chi connectivity index (χ1v) is 16.2. The number of carbonyl (C=O) groups excluding carboxylic acids is 1. The highest BCUT2D eigenvalue weighted by Gasteiger charge is 2.53. The van der Waals surface area contributed by atoms with E-state index < -0.39 is 11.6 Å². The van der Waals surface area contributed by atoms with Crippen LogP contribution in [0.5, 0.6) is 5.75 Å². The molecule has 0 fully saturated rings. The van der Waals surface area contributed by atoms with Gasteiger partial charge in [-0.1, -0.05) is 84.0 Å². The highest BCUT2D eigenvalue weighted by molar-refractivity contribution is 6.01. The summed E-state index contributed by atoms with van der Waals surface area (Å²) >= 11 is 0. The van der Waals surface area contributed by atoms with Crippen molar-refractivity contribution in [3.63, 3.8) is 0 Å². The van der Waals surface area contributed by atoms with E-state index in [1.165, 1.54) is 0 Å². The van der Waals surface area contributed by atoms with E-state index in [2.05, 4.69) is 15.3 Å². The second-order valence-electron chi connectivity index (χ2n) is 11.8. The number of aliphatic hydroxyl groups is 1. The van der Waals surface area contributed by atoms with Gasteiger partial charge in [-0.25, -0.2) is 4.99 Å². The maximum absolute atomic E-state index is 14.5. The minimum absolute atomic E-state index is 0.0498. The molecule has 10 heteroatoms. The first-order chi connectivity index (χ1) is 23.4. The Morgan fingerprint density at radius 3 is 2.33 bits per heavy atom. The number of rotatable bonds is 16. The smallest absolute Gasteiger partial charge is 0.252 e. The van der Waals surface area contributed by atoms with Gasteiger partial charge in [0, 0.05) is 48.8 Å². The lowest BCUT2D eigenvalue weighted by molar-refractivity contribution is -0.129. The van der Waals surface area contributed by atoms with Crippen LogP contribution in [-0.2, 0) is 20.7 Å². The van der Waals surface area contributed by atoms with Gasteiger partial charge in [0.05, 0.1) is 12.7 Å². The molecule has 1 amide bonds. The lowest BCUT2D eigenvalue weighted by Crippen LogP contribution is -2.50. The van der Waals surface area contributed by atoms with E-state index in [4.69, 9.17) is 24.3 Å². The van der Waals surface area contributed by atoms with Crippen molar-refractivity contribution >= 4 is 17.5 Å². The normalized spacial score (nSPS) is 16.9. The number of benzene rings is 4. The van der Waals surface area contributed by atoms with E-state index >= 15 is 0 Å². The van der Waals surface area contributed by atoms with Crippen LogP contribution in [-0.4, -0.2) is 54.9 Å². The van der Waals surface area contributed by atoms with Gasteiger partial charge in [-0.2, -0.15) is 0 Å². The summed E-state index contributed by atoms with van der Waals surface area (Å²) in [5, 5.41) is 16.1. The van der Waals surface area contributed by atoms with Gasteiger partial charge in [-0.3, -0.25) is 4.79 Å². The lowest BCUT2D eigenvalue weighted by Gasteiger charge is -2.31. The number of aliphatic imine (C=N–C) groups is 1. The Bertz CT molecular complexity index is 1720. The number of azide groups is 1. The van der Waals surface area contributed by atoms with Crippen LogP contribution in [0.4, 0.5) is 5.69 Å². The number of carbonyl (C=O) groups is 1. The van der Waals surface area contributed by atoms with Crippen molar-refractivity contribution in [2.75, 3.05) is 26.4 Å². The van der Waals surface area contributed by atoms with Gasteiger partial charge in [0.15, 0.2) is 11.6 Å². The molecule has 4 aromatic rings. The van der Waals surface area contributed by atoms with Gasteiger partial charge in [0.1, 0.15) is 5.75 Å². The van der Waals surface area contributed by atoms with Crippen LogP contribution in [0.1, 0.15) is 49.5 Å². The number of nitrogens with zero attached hydrogens (tertiary/aromatic N) is 4. The fourth-order valence-electron chi connectivity index (χ4n) is 5.61. The van der Waals surface area contributed by atoms with Gasteiger partial charge in [-0.15, -0.1) is 0 Å². The Morgan fingerprint density at radius 2 is 1.62 bits per heavy atom. The molecule has 1 aliphatic heterocycles. The molecular weight excluding hydrogens is 606 g/mol. The van der Waals surface area contributed by atoms with Gasteiger partial charge < -0.3 is 24.6 Å². The van der Waals surface area contributed by atoms with Crippen molar-refractivity contribution in [2.24, 2.45) is 10.1 Å². The zero-order valence-corrected chi connectivity index (χ0v) is 27.3. The summed E-state index contributed by atoms with van der Waals surface area (Å²) in [6.07, 6.45) is 0.563. The number of amides is 1. The molecule has 0 saturated carbocycles. The van der Waals surface area contributed by atoms with E-state index in [1.54, 1.807) is 12.1 Å². The van der Waals surface area contributed by atoms with Crippen molar-refractivity contribution in [2.45, 2.75) is 50.9 Å². The molecule has 0 aromatic heterocycles. The fourth-order valence-corrected chi connectivity index (χ4v) is 5.61. The summed E-state index contributed by atoms with van der Waals surface area (Å²) in [6.45, 7) is 5.28. The summed E-state index contributed by atoms with van der Waals surface area (Å²) < 4.78 is 18.1. The topological polar surface area (TPSA) is 138 Å². The minimum Gasteiger partial charge on any atom is -0.494 e. The number of hydrogen-bond acceptors (Lipinski definition) is 7. The highest BCUT2D eigenvalue weighted by atomic mass is 16.5. The third-order valence-electron chi connectivity index (χ3n) is 8.01. The summed E-state index contributed by atoms with van der Waals surface area (Å²) in [6, 6.07) is 32.6. The largest absolute Gasteiger partial charge is 0.494 e. The quantitative estimate of drug-likeness (QED) is 0.0562. The van der Waals surface area contributed by atoms with Gasteiger partial charge in [-0.05, 0) is 72.3 Å². The molecule has 0 bridgehead atoms. The molecule has 0 spiro atoms. The van der Waals surface area contributed by atoms with Gasteiger partial charge >= 0.3 is 0 Å². The molecule has 248 valence electrons. The second-order valence-corrected chi connectivity index (χ2v) is 11.8. The minimum atomic E-state index is -1.44. The Balaban J connectivity index is 1.56. The van der Waals surface area contributed by atoms with Crippen molar-refractivity contribution < 1.29 is 24.1 Å². The first kappa shape index (κ1) is 34.2. The number of ether oxygens (including phenoxy) is 3. The van der Waals surface area contributed by atoms with Crippen molar-refractivity contribution in [1.82, 2.24) is 5.32 Å². The van der Waals surface area contributed by atoms with Crippen LogP contribution >= 0.6 is 0 Å². The molecular formula is C38H41N5O5. The average Bonchev–Trinajstić information content (AvgIpc) is 3.50. The highest BCUT2D eigenvalue weighted by Crippen LogP contribution is 2.44. The Kier molecular flexibility index (Phi) is 11.8. The molecule has 0 unspecified atom stereocenters. The Hall–Kier alpha value is -5.15. The maximum Gasteiger partial charge on any atom is 0.252 e. The van der Waals surface area contributed by atoms with Crippen molar-refractivity contribution in [3.8, 4) is 16.9 Å². The number of hydrogen-bond donors (Lipinski definition) is 2. The summed E-state index contributed by atoms with van der Waals surface area (Å²) in [7, 11) is 0. The predicted octanol–water partition coefficient (Wildman–Crippen LogP) is 7.49. The molecule has 1 aliphatic rings. The molecule has 10 nitrogen and oxygen atoms in total. The SMILES string of the molecule is CC(C)OCCCNC(=O)[C@]1(Cc2ccccc2N=[N+]=[N-])N=C(c2ccc(OCCCO)cc2)O[C@@H]1c1ccc(-c2ccccc2)cc1. The van der Waals surface area contributed by atoms with Crippen LogP contribution in [0.15, 0.2) is 113 Å². The molecule has 48 heavy (non-hydrogen) atoms. The van der Waals surface area contributed by atoms with Gasteiger partial charge in [0.25, 0.3) is 5.91 Å². The first-order valence-electron chi connectivity index (χ1n) is 16.2. The predicted molar refractivity (Wildman–Crippen MR) is 186 cm³/mol. The lowest BCUT2D eigenvalue weighted by atomic mass is 9.81. The fraction of sp³-hybridized carbons (Fsp3) is 0.316. The van der Waals surface area contributed by atoms with E-state index in [9.17, 15) is 10.3 Å². The Labute approximate surface area is 281 Å². The van der Waals surface area contributed by atoms with E-state index in [1.807, 2.05) is 105 Å². The van der Waals surface area contributed by atoms with E-state index in [0.717, 1.165) is 16.7 Å². The van der Waals surface area contributed by atoms with Crippen LogP contribution in [0.25, 0.3) is 21.6 Å². The van der Waals surface area contributed by atoms with Crippen LogP contribution in [0.2, 0.25) is 0 Å². The van der Waals surface area contributed by atoms with E-state index in [0.29, 0.717) is 61.1 Å². The molecule has 1 heterocycles. The number of aliphatic hydroxyl groups excluding tert-OH is 1. The molecule has 5 rings (SSSR count). The molecule has 2 atom stereocenters. The van der Waals surface area contributed by atoms with Gasteiger partial charge in [0.2, 0.25) is 5.90 Å². The molecule has 0 saturated heterocycles. The van der Waals surface area contributed by atoms with Crippen LogP contribution in [0, 0.1) is 0 Å². The molecule has 4 aromatic carbocycles. The summed E-state index contributed by atoms with van der Waals surface area (Å²) in [5.41, 5.74) is 12.5. The second kappa shape index (κ2) is 16.6. The summed E-state index contributed by atoms with van der Waals surface area (Å²) in [4.78, 5) is 22.6. The van der Waals surface area contributed by atoms with Crippen LogP contribution < -0.4 is 10.1 Å². The maximum atomic E-state index is 14.5. The molecule has 0 radical (unpaired) electrons. The van der Waals surface area contributed by atoms with Crippen molar-refractivity contribution in [3.05, 3.63) is 130 Å². The number of nitrogens with one attached hydrogen (secondary N) is 1. The zero-order chi connectivity index (χ0) is 33.8. The Morgan fingerprint density at radius 1 is 0.938 bits per heavy atom.